The van der Waals surface area contributed by atoms with Gasteiger partial charge in [0.25, 0.3) is 0 Å². The summed E-state index contributed by atoms with van der Waals surface area (Å²) in [5.74, 6) is -0.205. The number of hydrogen-bond donors (Lipinski definition) is 0. The highest BCUT2D eigenvalue weighted by molar-refractivity contribution is 7.91. The van der Waals surface area contributed by atoms with Gasteiger partial charge in [0.2, 0.25) is 5.91 Å². The summed E-state index contributed by atoms with van der Waals surface area (Å²) in [6.07, 6.45) is 0.0390. The lowest BCUT2D eigenvalue weighted by molar-refractivity contribution is -0.134. The lowest BCUT2D eigenvalue weighted by Gasteiger charge is -2.47. The number of carbonyl (C=O) groups is 1. The van der Waals surface area contributed by atoms with E-state index in [9.17, 15) is 13.2 Å². The molecule has 0 radical (unpaired) electrons. The van der Waals surface area contributed by atoms with Crippen LogP contribution in [-0.4, -0.2) is 100 Å². The lowest BCUT2D eigenvalue weighted by atomic mass is 10.1. The number of rotatable bonds is 7. The fourth-order valence-corrected chi connectivity index (χ4v) is 5.05. The van der Waals surface area contributed by atoms with Crippen molar-refractivity contribution in [2.75, 3.05) is 65.3 Å². The van der Waals surface area contributed by atoms with E-state index in [4.69, 9.17) is 4.74 Å². The Bertz CT molecular complexity index is 726. The van der Waals surface area contributed by atoms with Crippen LogP contribution in [0.15, 0.2) is 35.2 Å². The summed E-state index contributed by atoms with van der Waals surface area (Å²) in [6, 6.07) is 8.66. The van der Waals surface area contributed by atoms with E-state index in [1.807, 2.05) is 4.90 Å². The van der Waals surface area contributed by atoms with Crippen LogP contribution in [0.3, 0.4) is 0 Å². The van der Waals surface area contributed by atoms with E-state index in [-0.39, 0.29) is 23.0 Å². The molecule has 1 aromatic carbocycles. The third kappa shape index (κ3) is 5.28. The molecule has 0 unspecified atom stereocenters. The molecule has 0 bridgehead atoms. The number of benzene rings is 1. The SMILES string of the molecule is COCCN1CCN2CCN(C(=O)CCS(=O)(=O)c3ccccc3)C[C@H]2C1. The maximum atomic E-state index is 12.6. The van der Waals surface area contributed by atoms with Crippen LogP contribution in [0.5, 0.6) is 0 Å². The van der Waals surface area contributed by atoms with Crippen molar-refractivity contribution in [3.05, 3.63) is 30.3 Å². The Kier molecular flexibility index (Phi) is 6.86. The minimum atomic E-state index is -3.42. The number of nitrogens with zero attached hydrogens (tertiary/aromatic N) is 3. The molecule has 0 spiro atoms. The van der Waals surface area contributed by atoms with Gasteiger partial charge in [0.05, 0.1) is 17.3 Å². The monoisotopic (exact) mass is 395 g/mol. The maximum Gasteiger partial charge on any atom is 0.223 e. The van der Waals surface area contributed by atoms with Gasteiger partial charge in [0.15, 0.2) is 9.84 Å². The predicted octanol–water partition coefficient (Wildman–Crippen LogP) is 0.325. The largest absolute Gasteiger partial charge is 0.383 e. The number of sulfone groups is 1. The third-order valence-corrected chi connectivity index (χ3v) is 7.16. The Balaban J connectivity index is 1.52. The van der Waals surface area contributed by atoms with Crippen LogP contribution in [0.4, 0.5) is 0 Å². The molecule has 1 atom stereocenters. The topological polar surface area (TPSA) is 70.2 Å². The Morgan fingerprint density at radius 1 is 1.11 bits per heavy atom. The van der Waals surface area contributed by atoms with E-state index in [1.54, 1.807) is 37.4 Å². The molecule has 3 rings (SSSR count). The first-order valence-corrected chi connectivity index (χ1v) is 11.2. The predicted molar refractivity (Wildman–Crippen MR) is 103 cm³/mol. The first-order valence-electron chi connectivity index (χ1n) is 9.50. The molecule has 2 aliphatic heterocycles. The van der Waals surface area contributed by atoms with E-state index < -0.39 is 9.84 Å². The van der Waals surface area contributed by atoms with Crippen molar-refractivity contribution < 1.29 is 17.9 Å². The van der Waals surface area contributed by atoms with E-state index >= 15 is 0 Å². The van der Waals surface area contributed by atoms with Crippen molar-refractivity contribution in [2.24, 2.45) is 0 Å². The van der Waals surface area contributed by atoms with Crippen molar-refractivity contribution in [1.29, 1.82) is 0 Å². The molecule has 2 heterocycles. The van der Waals surface area contributed by atoms with E-state index in [1.165, 1.54) is 0 Å². The number of methoxy groups -OCH3 is 1. The molecule has 0 aromatic heterocycles. The van der Waals surface area contributed by atoms with Crippen LogP contribution < -0.4 is 0 Å². The van der Waals surface area contributed by atoms with Gasteiger partial charge < -0.3 is 9.64 Å². The van der Waals surface area contributed by atoms with Gasteiger partial charge in [-0.05, 0) is 12.1 Å². The molecular weight excluding hydrogens is 366 g/mol. The summed E-state index contributed by atoms with van der Waals surface area (Å²) in [4.78, 5) is 19.5. The quantitative estimate of drug-likeness (QED) is 0.663. The summed E-state index contributed by atoms with van der Waals surface area (Å²) >= 11 is 0. The molecule has 8 heteroatoms. The second kappa shape index (κ2) is 9.14. The average Bonchev–Trinajstić information content (AvgIpc) is 2.70. The van der Waals surface area contributed by atoms with Crippen LogP contribution in [-0.2, 0) is 19.4 Å². The summed E-state index contributed by atoms with van der Waals surface area (Å²) in [6.45, 7) is 6.81. The maximum absolute atomic E-state index is 12.6. The van der Waals surface area contributed by atoms with Gasteiger partial charge in [0.1, 0.15) is 0 Å². The molecule has 150 valence electrons. The molecular formula is C19H29N3O4S. The van der Waals surface area contributed by atoms with Crippen LogP contribution in [0.25, 0.3) is 0 Å². The Morgan fingerprint density at radius 3 is 2.59 bits per heavy atom. The number of piperazine rings is 2. The smallest absolute Gasteiger partial charge is 0.223 e. The number of amides is 1. The minimum Gasteiger partial charge on any atom is -0.383 e. The van der Waals surface area contributed by atoms with Crippen LogP contribution in [0.1, 0.15) is 6.42 Å². The first kappa shape index (κ1) is 20.3. The summed E-state index contributed by atoms with van der Waals surface area (Å²) < 4.78 is 30.0. The molecule has 0 N–H and O–H groups in total. The van der Waals surface area contributed by atoms with Gasteiger partial charge in [-0.25, -0.2) is 8.42 Å². The Morgan fingerprint density at radius 2 is 1.85 bits per heavy atom. The molecule has 0 aliphatic carbocycles. The number of ether oxygens (including phenoxy) is 1. The summed E-state index contributed by atoms with van der Waals surface area (Å²) in [5, 5.41) is 0. The molecule has 27 heavy (non-hydrogen) atoms. The number of fused-ring (bicyclic) bond motifs is 1. The van der Waals surface area contributed by atoms with E-state index in [2.05, 4.69) is 9.80 Å². The summed E-state index contributed by atoms with van der Waals surface area (Å²) in [7, 11) is -1.71. The van der Waals surface area contributed by atoms with Gasteiger partial charge in [-0.3, -0.25) is 14.6 Å². The molecule has 1 amide bonds. The number of carbonyl (C=O) groups excluding carboxylic acids is 1. The highest BCUT2D eigenvalue weighted by Gasteiger charge is 2.33. The van der Waals surface area contributed by atoms with E-state index in [0.717, 1.165) is 32.7 Å². The Hall–Kier alpha value is -1.48. The third-order valence-electron chi connectivity index (χ3n) is 5.43. The molecule has 2 saturated heterocycles. The minimum absolute atomic E-state index is 0.0390. The zero-order chi connectivity index (χ0) is 19.3. The molecule has 2 aliphatic rings. The molecule has 2 fully saturated rings. The normalized spacial score (nSPS) is 21.8. The van der Waals surface area contributed by atoms with Crippen molar-refractivity contribution in [1.82, 2.24) is 14.7 Å². The zero-order valence-electron chi connectivity index (χ0n) is 15.9. The molecule has 1 aromatic rings. The highest BCUT2D eigenvalue weighted by Crippen LogP contribution is 2.17. The molecule has 7 nitrogen and oxygen atoms in total. The van der Waals surface area contributed by atoms with Crippen molar-refractivity contribution in [3.63, 3.8) is 0 Å². The van der Waals surface area contributed by atoms with Gasteiger partial charge in [0, 0.05) is 65.4 Å². The average molecular weight is 396 g/mol. The van der Waals surface area contributed by atoms with Gasteiger partial charge in [-0.15, -0.1) is 0 Å². The standard InChI is InChI=1S/C19H29N3O4S/c1-26-13-12-20-8-9-21-10-11-22(16-17(21)15-20)19(23)7-14-27(24,25)18-5-3-2-4-6-18/h2-6,17H,7-16H2,1H3/t17-/m1/s1. The van der Waals surface area contributed by atoms with Crippen LogP contribution >= 0.6 is 0 Å². The number of hydrogen-bond acceptors (Lipinski definition) is 6. The highest BCUT2D eigenvalue weighted by atomic mass is 32.2. The van der Waals surface area contributed by atoms with Gasteiger partial charge >= 0.3 is 0 Å². The second-order valence-electron chi connectivity index (χ2n) is 7.20. The van der Waals surface area contributed by atoms with Crippen molar-refractivity contribution >= 4 is 15.7 Å². The van der Waals surface area contributed by atoms with Crippen LogP contribution in [0.2, 0.25) is 0 Å². The zero-order valence-corrected chi connectivity index (χ0v) is 16.7. The van der Waals surface area contributed by atoms with Gasteiger partial charge in [-0.2, -0.15) is 0 Å². The van der Waals surface area contributed by atoms with E-state index in [0.29, 0.717) is 25.7 Å². The molecule has 0 saturated carbocycles. The Labute approximate surface area is 161 Å². The summed E-state index contributed by atoms with van der Waals surface area (Å²) in [5.41, 5.74) is 0. The van der Waals surface area contributed by atoms with Gasteiger partial charge in [-0.1, -0.05) is 18.2 Å². The lowest BCUT2D eigenvalue weighted by Crippen LogP contribution is -2.63. The van der Waals surface area contributed by atoms with Crippen molar-refractivity contribution in [2.45, 2.75) is 17.4 Å². The van der Waals surface area contributed by atoms with Crippen LogP contribution in [0, 0.1) is 0 Å². The fraction of sp³-hybridized carbons (Fsp3) is 0.632. The fourth-order valence-electron chi connectivity index (χ4n) is 3.80. The van der Waals surface area contributed by atoms with Crippen molar-refractivity contribution in [3.8, 4) is 0 Å². The second-order valence-corrected chi connectivity index (χ2v) is 9.31. The first-order chi connectivity index (χ1) is 13.0.